The van der Waals surface area contributed by atoms with Gasteiger partial charge in [0, 0.05) is 0 Å². The van der Waals surface area contributed by atoms with Gasteiger partial charge in [0.15, 0.2) is 17.2 Å². The highest BCUT2D eigenvalue weighted by Crippen LogP contribution is 2.38. The molecule has 0 aliphatic heterocycles. The molecule has 0 spiro atoms. The maximum Gasteiger partial charge on any atom is 0.435 e. The Balaban J connectivity index is 2.35. The number of nitrogens with two attached hydrogens (primary N) is 1. The Morgan fingerprint density at radius 2 is 1.78 bits per heavy atom. The second-order valence-electron chi connectivity index (χ2n) is 3.37. The van der Waals surface area contributed by atoms with Gasteiger partial charge in [-0.15, -0.1) is 5.11 Å². The van der Waals surface area contributed by atoms with E-state index in [-0.39, 0.29) is 5.82 Å². The van der Waals surface area contributed by atoms with E-state index in [1.54, 1.807) is 35.4 Å². The van der Waals surface area contributed by atoms with E-state index in [0.717, 1.165) is 0 Å². The summed E-state index contributed by atoms with van der Waals surface area (Å²) in [6, 6.07) is 8.35. The summed E-state index contributed by atoms with van der Waals surface area (Å²) in [5.41, 5.74) is 4.11. The lowest BCUT2D eigenvalue weighted by molar-refractivity contribution is -0.140. The molecule has 0 fully saturated rings. The van der Waals surface area contributed by atoms with Crippen LogP contribution in [-0.4, -0.2) is 10.2 Å². The van der Waals surface area contributed by atoms with Crippen molar-refractivity contribution in [2.75, 3.05) is 5.73 Å². The van der Waals surface area contributed by atoms with Gasteiger partial charge in [-0.05, 0) is 12.1 Å². The molecule has 1 aromatic heterocycles. The van der Waals surface area contributed by atoms with E-state index in [4.69, 9.17) is 5.73 Å². The van der Waals surface area contributed by atoms with Crippen molar-refractivity contribution >= 4 is 17.2 Å². The number of azo groups is 1. The van der Waals surface area contributed by atoms with Crippen LogP contribution >= 0.6 is 0 Å². The first-order chi connectivity index (χ1) is 8.48. The van der Waals surface area contributed by atoms with Gasteiger partial charge in [-0.2, -0.15) is 23.4 Å². The number of benzene rings is 1. The molecule has 1 heterocycles. The molecule has 18 heavy (non-hydrogen) atoms. The maximum atomic E-state index is 12.6. The molecule has 0 aliphatic carbocycles. The molecule has 8 heteroatoms. The number of alkyl halides is 3. The van der Waals surface area contributed by atoms with Crippen molar-refractivity contribution in [3.05, 3.63) is 36.0 Å². The van der Waals surface area contributed by atoms with Crippen LogP contribution in [0.3, 0.4) is 0 Å². The first-order valence-corrected chi connectivity index (χ1v) is 4.86. The summed E-state index contributed by atoms with van der Waals surface area (Å²) >= 11 is 0. The van der Waals surface area contributed by atoms with Gasteiger partial charge in [0.05, 0.1) is 5.69 Å². The molecule has 0 aliphatic rings. The summed E-state index contributed by atoms with van der Waals surface area (Å²) in [6.07, 6.45) is -4.60. The van der Waals surface area contributed by atoms with E-state index in [2.05, 4.69) is 15.3 Å². The predicted octanol–water partition coefficient (Wildman–Crippen LogP) is 3.43. The fourth-order valence-corrected chi connectivity index (χ4v) is 1.25. The molecule has 5 nitrogen and oxygen atoms in total. The number of hydrogen-bond acceptors (Lipinski definition) is 4. The summed E-state index contributed by atoms with van der Waals surface area (Å²) in [5, 5.41) is 12.2. The number of H-pyrrole nitrogens is 1. The largest absolute Gasteiger partial charge is 0.435 e. The zero-order valence-corrected chi connectivity index (χ0v) is 8.94. The molecule has 0 atom stereocenters. The lowest BCUT2D eigenvalue weighted by Crippen LogP contribution is -2.05. The number of halogens is 3. The average molecular weight is 255 g/mol. The lowest BCUT2D eigenvalue weighted by Gasteiger charge is -2.02. The van der Waals surface area contributed by atoms with Gasteiger partial charge < -0.3 is 5.73 Å². The third kappa shape index (κ3) is 2.47. The maximum absolute atomic E-state index is 12.6. The molecule has 0 amide bonds. The fraction of sp³-hybridized carbons (Fsp3) is 0.100. The quantitative estimate of drug-likeness (QED) is 0.806. The zero-order valence-electron chi connectivity index (χ0n) is 8.94. The topological polar surface area (TPSA) is 79.4 Å². The highest BCUT2D eigenvalue weighted by Gasteiger charge is 2.37. The number of nitrogens with one attached hydrogen (secondary N) is 1. The van der Waals surface area contributed by atoms with Gasteiger partial charge in [-0.3, -0.25) is 5.10 Å². The van der Waals surface area contributed by atoms with Crippen molar-refractivity contribution in [3.63, 3.8) is 0 Å². The number of nitrogen functional groups attached to an aromatic ring is 1. The fourth-order valence-electron chi connectivity index (χ4n) is 1.25. The van der Waals surface area contributed by atoms with Crippen LogP contribution < -0.4 is 5.73 Å². The van der Waals surface area contributed by atoms with Gasteiger partial charge in [0.25, 0.3) is 0 Å². The molecule has 1 aromatic carbocycles. The predicted molar refractivity (Wildman–Crippen MR) is 58.6 cm³/mol. The Labute approximate surface area is 99.5 Å². The second-order valence-corrected chi connectivity index (χ2v) is 3.37. The Hall–Kier alpha value is -2.38. The van der Waals surface area contributed by atoms with Crippen LogP contribution in [0.5, 0.6) is 0 Å². The molecule has 0 bridgehead atoms. The van der Waals surface area contributed by atoms with Crippen LogP contribution in [0.25, 0.3) is 0 Å². The minimum Gasteiger partial charge on any atom is -0.380 e. The molecule has 2 aromatic rings. The number of aromatic nitrogens is 2. The number of hydrogen-bond donors (Lipinski definition) is 2. The molecule has 2 rings (SSSR count). The Kier molecular flexibility index (Phi) is 3.00. The van der Waals surface area contributed by atoms with Crippen molar-refractivity contribution < 1.29 is 13.2 Å². The van der Waals surface area contributed by atoms with Crippen LogP contribution in [0.2, 0.25) is 0 Å². The summed E-state index contributed by atoms with van der Waals surface area (Å²) < 4.78 is 37.7. The zero-order chi connectivity index (χ0) is 13.2. The Morgan fingerprint density at radius 1 is 1.11 bits per heavy atom. The highest BCUT2D eigenvalue weighted by atomic mass is 19.4. The van der Waals surface area contributed by atoms with Crippen molar-refractivity contribution in [2.45, 2.75) is 6.18 Å². The van der Waals surface area contributed by atoms with Gasteiger partial charge in [-0.25, -0.2) is 0 Å². The summed E-state index contributed by atoms with van der Waals surface area (Å²) in [6.45, 7) is 0. The van der Waals surface area contributed by atoms with Crippen molar-refractivity contribution in [1.29, 1.82) is 0 Å². The van der Waals surface area contributed by atoms with E-state index in [1.165, 1.54) is 0 Å². The van der Waals surface area contributed by atoms with Crippen LogP contribution in [0.4, 0.5) is 30.4 Å². The van der Waals surface area contributed by atoms with E-state index in [1.807, 2.05) is 0 Å². The Morgan fingerprint density at radius 3 is 2.39 bits per heavy atom. The standard InChI is InChI=1S/C10H8F3N5/c11-10(12,13)8-7(9(14)18-17-8)16-15-6-4-2-1-3-5-6/h1-5H,(H3,14,17,18). The van der Waals surface area contributed by atoms with Gasteiger partial charge in [0.1, 0.15) is 0 Å². The molecular weight excluding hydrogens is 247 g/mol. The number of rotatable bonds is 2. The minimum absolute atomic E-state index is 0.345. The number of nitrogens with zero attached hydrogens (tertiary/aromatic N) is 3. The molecule has 0 radical (unpaired) electrons. The minimum atomic E-state index is -4.60. The molecule has 94 valence electrons. The summed E-state index contributed by atoms with van der Waals surface area (Å²) in [7, 11) is 0. The van der Waals surface area contributed by atoms with Crippen molar-refractivity contribution in [3.8, 4) is 0 Å². The highest BCUT2D eigenvalue weighted by molar-refractivity contribution is 5.61. The van der Waals surface area contributed by atoms with Crippen LogP contribution in [-0.2, 0) is 6.18 Å². The molecule has 3 N–H and O–H groups in total. The van der Waals surface area contributed by atoms with Crippen LogP contribution in [0.1, 0.15) is 5.69 Å². The monoisotopic (exact) mass is 255 g/mol. The molecule has 0 unspecified atom stereocenters. The first-order valence-electron chi connectivity index (χ1n) is 4.86. The van der Waals surface area contributed by atoms with E-state index in [0.29, 0.717) is 5.69 Å². The SMILES string of the molecule is Nc1n[nH]c(C(F)(F)F)c1N=Nc1ccccc1. The van der Waals surface area contributed by atoms with E-state index in [9.17, 15) is 13.2 Å². The van der Waals surface area contributed by atoms with Crippen molar-refractivity contribution in [2.24, 2.45) is 10.2 Å². The lowest BCUT2D eigenvalue weighted by atomic mass is 10.3. The van der Waals surface area contributed by atoms with Crippen LogP contribution in [0.15, 0.2) is 40.6 Å². The van der Waals surface area contributed by atoms with Gasteiger partial charge in [0.2, 0.25) is 0 Å². The molecular formula is C10H8F3N5. The second kappa shape index (κ2) is 4.47. The van der Waals surface area contributed by atoms with E-state index < -0.39 is 17.6 Å². The van der Waals surface area contributed by atoms with E-state index >= 15 is 0 Å². The third-order valence-electron chi connectivity index (χ3n) is 2.07. The average Bonchev–Trinajstić information content (AvgIpc) is 2.69. The van der Waals surface area contributed by atoms with Gasteiger partial charge in [-0.1, -0.05) is 18.2 Å². The van der Waals surface area contributed by atoms with Crippen molar-refractivity contribution in [1.82, 2.24) is 10.2 Å². The number of aromatic amines is 1. The number of anilines is 1. The summed E-state index contributed by atoms with van der Waals surface area (Å²) in [4.78, 5) is 0. The van der Waals surface area contributed by atoms with Gasteiger partial charge >= 0.3 is 6.18 Å². The third-order valence-corrected chi connectivity index (χ3v) is 2.07. The smallest absolute Gasteiger partial charge is 0.380 e. The molecule has 0 saturated heterocycles. The normalized spacial score (nSPS) is 12.2. The molecule has 0 saturated carbocycles. The Bertz CT molecular complexity index is 559. The first kappa shape index (κ1) is 12.1. The summed E-state index contributed by atoms with van der Waals surface area (Å²) in [5.74, 6) is -0.345. The van der Waals surface area contributed by atoms with Crippen LogP contribution in [0, 0.1) is 0 Å².